The van der Waals surface area contributed by atoms with E-state index in [1.807, 2.05) is 23.7 Å². The standard InChI is InChI=1S/C10H12N4/c1-8-9(5-11)6-13-14(8)10-3-2-4-12-7-10/h2-4,6-7H,5,11H2,1H3. The van der Waals surface area contributed by atoms with E-state index in [9.17, 15) is 0 Å². The van der Waals surface area contributed by atoms with Gasteiger partial charge in [0.15, 0.2) is 0 Å². The van der Waals surface area contributed by atoms with E-state index in [-0.39, 0.29) is 0 Å². The Morgan fingerprint density at radius 2 is 2.29 bits per heavy atom. The van der Waals surface area contributed by atoms with Crippen LogP contribution < -0.4 is 5.73 Å². The fourth-order valence-electron chi connectivity index (χ4n) is 1.38. The Labute approximate surface area is 82.4 Å². The summed E-state index contributed by atoms with van der Waals surface area (Å²) in [6.45, 7) is 2.52. The van der Waals surface area contributed by atoms with E-state index in [1.165, 1.54) is 0 Å². The van der Waals surface area contributed by atoms with Crippen LogP contribution in [-0.2, 0) is 6.54 Å². The van der Waals surface area contributed by atoms with Gasteiger partial charge in [-0.05, 0) is 19.1 Å². The van der Waals surface area contributed by atoms with Crippen molar-refractivity contribution in [2.75, 3.05) is 0 Å². The van der Waals surface area contributed by atoms with Gasteiger partial charge in [-0.15, -0.1) is 0 Å². The summed E-state index contributed by atoms with van der Waals surface area (Å²) in [5.74, 6) is 0. The zero-order valence-corrected chi connectivity index (χ0v) is 8.01. The lowest BCUT2D eigenvalue weighted by atomic mass is 10.2. The Hall–Kier alpha value is -1.68. The molecular formula is C10H12N4. The lowest BCUT2D eigenvalue weighted by Crippen LogP contribution is -2.02. The number of pyridine rings is 1. The number of hydrogen-bond acceptors (Lipinski definition) is 3. The van der Waals surface area contributed by atoms with Crippen LogP contribution in [0, 0.1) is 6.92 Å². The van der Waals surface area contributed by atoms with Gasteiger partial charge in [-0.1, -0.05) is 0 Å². The van der Waals surface area contributed by atoms with Crippen molar-refractivity contribution < 1.29 is 0 Å². The first kappa shape index (κ1) is 8.90. The van der Waals surface area contributed by atoms with Crippen LogP contribution in [0.15, 0.2) is 30.7 Å². The molecule has 0 unspecified atom stereocenters. The Morgan fingerprint density at radius 3 is 2.86 bits per heavy atom. The molecule has 0 saturated carbocycles. The van der Waals surface area contributed by atoms with Crippen LogP contribution in [0.4, 0.5) is 0 Å². The maximum atomic E-state index is 5.57. The van der Waals surface area contributed by atoms with Crippen molar-refractivity contribution in [2.24, 2.45) is 5.73 Å². The summed E-state index contributed by atoms with van der Waals surface area (Å²) in [7, 11) is 0. The summed E-state index contributed by atoms with van der Waals surface area (Å²) in [5, 5.41) is 4.25. The molecule has 0 spiro atoms. The van der Waals surface area contributed by atoms with Crippen LogP contribution in [0.5, 0.6) is 0 Å². The Bertz CT molecular complexity index is 419. The van der Waals surface area contributed by atoms with Gasteiger partial charge < -0.3 is 5.73 Å². The molecule has 2 rings (SSSR count). The second-order valence-electron chi connectivity index (χ2n) is 3.08. The third-order valence-electron chi connectivity index (χ3n) is 2.22. The number of aromatic nitrogens is 3. The van der Waals surface area contributed by atoms with Gasteiger partial charge in [-0.2, -0.15) is 5.10 Å². The fourth-order valence-corrected chi connectivity index (χ4v) is 1.38. The van der Waals surface area contributed by atoms with Crippen LogP contribution in [-0.4, -0.2) is 14.8 Å². The normalized spacial score (nSPS) is 10.4. The molecule has 0 saturated heterocycles. The minimum absolute atomic E-state index is 0.520. The van der Waals surface area contributed by atoms with Crippen molar-refractivity contribution >= 4 is 0 Å². The van der Waals surface area contributed by atoms with Gasteiger partial charge in [-0.25, -0.2) is 4.68 Å². The fraction of sp³-hybridized carbons (Fsp3) is 0.200. The number of nitrogens with two attached hydrogens (primary N) is 1. The van der Waals surface area contributed by atoms with E-state index in [2.05, 4.69) is 10.1 Å². The molecule has 0 aliphatic carbocycles. The average Bonchev–Trinajstić information content (AvgIpc) is 2.61. The maximum absolute atomic E-state index is 5.57. The van der Waals surface area contributed by atoms with Crippen molar-refractivity contribution in [1.29, 1.82) is 0 Å². The Kier molecular flexibility index (Phi) is 2.28. The van der Waals surface area contributed by atoms with Gasteiger partial charge in [0, 0.05) is 24.0 Å². The Balaban J connectivity index is 2.48. The second kappa shape index (κ2) is 3.59. The lowest BCUT2D eigenvalue weighted by molar-refractivity contribution is 0.838. The number of nitrogens with zero attached hydrogens (tertiary/aromatic N) is 3. The maximum Gasteiger partial charge on any atom is 0.0831 e. The van der Waals surface area contributed by atoms with Crippen LogP contribution in [0.2, 0.25) is 0 Å². The van der Waals surface area contributed by atoms with Crippen LogP contribution >= 0.6 is 0 Å². The van der Waals surface area contributed by atoms with Crippen molar-refractivity contribution in [3.8, 4) is 5.69 Å². The number of hydrogen-bond donors (Lipinski definition) is 1. The summed E-state index contributed by atoms with van der Waals surface area (Å²) in [5.41, 5.74) is 8.67. The lowest BCUT2D eigenvalue weighted by Gasteiger charge is -2.03. The van der Waals surface area contributed by atoms with Gasteiger partial charge in [0.2, 0.25) is 0 Å². The molecule has 72 valence electrons. The highest BCUT2D eigenvalue weighted by molar-refractivity contribution is 5.31. The van der Waals surface area contributed by atoms with Crippen molar-refractivity contribution in [1.82, 2.24) is 14.8 Å². The first-order valence-corrected chi connectivity index (χ1v) is 4.47. The zero-order chi connectivity index (χ0) is 9.97. The molecule has 4 heteroatoms. The van der Waals surface area contributed by atoms with Gasteiger partial charge in [0.05, 0.1) is 18.1 Å². The predicted molar refractivity (Wildman–Crippen MR) is 54.0 cm³/mol. The van der Waals surface area contributed by atoms with Crippen LogP contribution in [0.1, 0.15) is 11.3 Å². The molecule has 0 amide bonds. The van der Waals surface area contributed by atoms with Gasteiger partial charge in [0.25, 0.3) is 0 Å². The molecule has 2 N–H and O–H groups in total. The minimum Gasteiger partial charge on any atom is -0.326 e. The largest absolute Gasteiger partial charge is 0.326 e. The van der Waals surface area contributed by atoms with E-state index in [0.29, 0.717) is 6.54 Å². The van der Waals surface area contributed by atoms with E-state index in [1.54, 1.807) is 18.6 Å². The molecule has 2 aromatic rings. The average molecular weight is 188 g/mol. The Morgan fingerprint density at radius 1 is 1.43 bits per heavy atom. The molecule has 0 aliphatic heterocycles. The van der Waals surface area contributed by atoms with Gasteiger partial charge >= 0.3 is 0 Å². The first-order valence-electron chi connectivity index (χ1n) is 4.47. The summed E-state index contributed by atoms with van der Waals surface area (Å²) in [6, 6.07) is 3.85. The van der Waals surface area contributed by atoms with Gasteiger partial charge in [-0.3, -0.25) is 4.98 Å². The topological polar surface area (TPSA) is 56.7 Å². The minimum atomic E-state index is 0.520. The molecule has 0 aliphatic rings. The predicted octanol–water partition coefficient (Wildman–Crippen LogP) is 1.03. The van der Waals surface area contributed by atoms with Crippen LogP contribution in [0.25, 0.3) is 5.69 Å². The molecule has 0 fully saturated rings. The highest BCUT2D eigenvalue weighted by atomic mass is 15.3. The second-order valence-corrected chi connectivity index (χ2v) is 3.08. The molecule has 0 aromatic carbocycles. The summed E-state index contributed by atoms with van der Waals surface area (Å²) in [4.78, 5) is 4.05. The first-order chi connectivity index (χ1) is 6.83. The molecule has 0 atom stereocenters. The van der Waals surface area contributed by atoms with Crippen molar-refractivity contribution in [3.63, 3.8) is 0 Å². The molecule has 4 nitrogen and oxygen atoms in total. The quantitative estimate of drug-likeness (QED) is 0.766. The zero-order valence-electron chi connectivity index (χ0n) is 8.01. The monoisotopic (exact) mass is 188 g/mol. The number of rotatable bonds is 2. The van der Waals surface area contributed by atoms with E-state index >= 15 is 0 Å². The smallest absolute Gasteiger partial charge is 0.0831 e. The van der Waals surface area contributed by atoms with E-state index < -0.39 is 0 Å². The summed E-state index contributed by atoms with van der Waals surface area (Å²) >= 11 is 0. The summed E-state index contributed by atoms with van der Waals surface area (Å²) in [6.07, 6.45) is 5.31. The highest BCUT2D eigenvalue weighted by Crippen LogP contribution is 2.11. The van der Waals surface area contributed by atoms with Crippen LogP contribution in [0.3, 0.4) is 0 Å². The summed E-state index contributed by atoms with van der Waals surface area (Å²) < 4.78 is 1.84. The molecular weight excluding hydrogens is 176 g/mol. The third kappa shape index (κ3) is 1.40. The van der Waals surface area contributed by atoms with E-state index in [4.69, 9.17) is 5.73 Å². The highest BCUT2D eigenvalue weighted by Gasteiger charge is 2.05. The van der Waals surface area contributed by atoms with Crippen molar-refractivity contribution in [3.05, 3.63) is 42.0 Å². The molecule has 2 heterocycles. The van der Waals surface area contributed by atoms with E-state index in [0.717, 1.165) is 16.9 Å². The molecule has 14 heavy (non-hydrogen) atoms. The molecule has 0 radical (unpaired) electrons. The SMILES string of the molecule is Cc1c(CN)cnn1-c1cccnc1. The molecule has 2 aromatic heterocycles. The third-order valence-corrected chi connectivity index (χ3v) is 2.22. The van der Waals surface area contributed by atoms with Gasteiger partial charge in [0.1, 0.15) is 0 Å². The molecule has 0 bridgehead atoms. The van der Waals surface area contributed by atoms with Crippen molar-refractivity contribution in [2.45, 2.75) is 13.5 Å².